The highest BCUT2D eigenvalue weighted by Crippen LogP contribution is 2.17. The van der Waals surface area contributed by atoms with Crippen molar-refractivity contribution in [3.63, 3.8) is 0 Å². The molecule has 1 atom stereocenters. The highest BCUT2D eigenvalue weighted by molar-refractivity contribution is 5.18. The topological polar surface area (TPSA) is 35.8 Å². The normalized spacial score (nSPS) is 12.0. The third-order valence-corrected chi connectivity index (χ3v) is 2.54. The fourth-order valence-corrected chi connectivity index (χ4v) is 1.54. The van der Waals surface area contributed by atoms with Crippen molar-refractivity contribution in [2.45, 2.75) is 25.7 Å². The molecule has 0 spiro atoms. The van der Waals surface area contributed by atoms with Gasteiger partial charge in [0.25, 0.3) is 0 Å². The van der Waals surface area contributed by atoms with Crippen LogP contribution in [0.4, 0.5) is 0 Å². The van der Waals surface area contributed by atoms with E-state index < -0.39 is 0 Å². The lowest BCUT2D eigenvalue weighted by Crippen LogP contribution is -2.17. The van der Waals surface area contributed by atoms with Gasteiger partial charge in [0.15, 0.2) is 0 Å². The first-order chi connectivity index (χ1) is 7.34. The molecule has 0 saturated heterocycles. The predicted molar refractivity (Wildman–Crippen MR) is 62.6 cm³/mol. The highest BCUT2D eigenvalue weighted by Gasteiger charge is 2.03. The lowest BCUT2D eigenvalue weighted by molar-refractivity contribution is 0.599. The molecule has 1 unspecified atom stereocenters. The number of rotatable bonds is 6. The number of nitrogens with one attached hydrogen (secondary N) is 1. The third-order valence-electron chi connectivity index (χ3n) is 2.54. The molecule has 0 amide bonds. The Morgan fingerprint density at radius 2 is 2.00 bits per heavy atom. The van der Waals surface area contributed by atoms with Gasteiger partial charge in [-0.05, 0) is 24.4 Å². The highest BCUT2D eigenvalue weighted by atomic mass is 14.8. The number of hydrogen-bond acceptors (Lipinski definition) is 2. The molecular weight excluding hydrogens is 184 g/mol. The van der Waals surface area contributed by atoms with Crippen molar-refractivity contribution in [2.75, 3.05) is 13.1 Å². The van der Waals surface area contributed by atoms with Gasteiger partial charge in [-0.2, -0.15) is 5.26 Å². The maximum atomic E-state index is 8.36. The van der Waals surface area contributed by atoms with E-state index in [1.54, 1.807) is 0 Å². The van der Waals surface area contributed by atoms with Crippen molar-refractivity contribution < 1.29 is 0 Å². The average molecular weight is 202 g/mol. The summed E-state index contributed by atoms with van der Waals surface area (Å²) in [6, 6.07) is 12.7. The van der Waals surface area contributed by atoms with E-state index in [2.05, 4.69) is 42.6 Å². The first kappa shape index (κ1) is 11.7. The van der Waals surface area contributed by atoms with Crippen LogP contribution in [0.25, 0.3) is 0 Å². The summed E-state index contributed by atoms with van der Waals surface area (Å²) in [6.45, 7) is 4.02. The van der Waals surface area contributed by atoms with Crippen LogP contribution in [0.15, 0.2) is 30.3 Å². The van der Waals surface area contributed by atoms with E-state index >= 15 is 0 Å². The molecular formula is C13H18N2. The minimum atomic E-state index is 0.584. The molecule has 2 heteroatoms. The molecule has 0 aromatic heterocycles. The van der Waals surface area contributed by atoms with Gasteiger partial charge in [-0.25, -0.2) is 0 Å². The van der Waals surface area contributed by atoms with Crippen LogP contribution in [0.1, 0.15) is 31.2 Å². The molecule has 1 N–H and O–H groups in total. The van der Waals surface area contributed by atoms with Gasteiger partial charge in [0.2, 0.25) is 0 Å². The molecule has 0 aliphatic heterocycles. The van der Waals surface area contributed by atoms with Crippen LogP contribution in [0.5, 0.6) is 0 Å². The zero-order valence-corrected chi connectivity index (χ0v) is 9.24. The van der Waals surface area contributed by atoms with Gasteiger partial charge in [0, 0.05) is 13.0 Å². The Hall–Kier alpha value is -1.33. The average Bonchev–Trinajstić information content (AvgIpc) is 2.30. The second-order valence-electron chi connectivity index (χ2n) is 3.76. The summed E-state index contributed by atoms with van der Waals surface area (Å²) in [5, 5.41) is 11.6. The zero-order chi connectivity index (χ0) is 10.9. The summed E-state index contributed by atoms with van der Waals surface area (Å²) < 4.78 is 0. The smallest absolute Gasteiger partial charge is 0.0635 e. The van der Waals surface area contributed by atoms with Crippen LogP contribution < -0.4 is 5.32 Å². The van der Waals surface area contributed by atoms with Crippen molar-refractivity contribution in [1.82, 2.24) is 5.32 Å². The number of nitriles is 1. The van der Waals surface area contributed by atoms with Crippen LogP contribution in [-0.4, -0.2) is 13.1 Å². The van der Waals surface area contributed by atoms with Crippen LogP contribution in [0.2, 0.25) is 0 Å². The van der Waals surface area contributed by atoms with Crippen LogP contribution in [-0.2, 0) is 0 Å². The summed E-state index contributed by atoms with van der Waals surface area (Å²) in [6.07, 6.45) is 1.72. The molecule has 0 heterocycles. The van der Waals surface area contributed by atoms with Gasteiger partial charge in [-0.15, -0.1) is 0 Å². The first-order valence-electron chi connectivity index (χ1n) is 5.47. The molecule has 15 heavy (non-hydrogen) atoms. The Morgan fingerprint density at radius 3 is 2.67 bits per heavy atom. The molecule has 1 aromatic carbocycles. The Kier molecular flexibility index (Phi) is 5.50. The molecule has 0 radical (unpaired) electrons. The largest absolute Gasteiger partial charge is 0.316 e. The van der Waals surface area contributed by atoms with E-state index in [4.69, 9.17) is 5.26 Å². The van der Waals surface area contributed by atoms with Crippen molar-refractivity contribution in [2.24, 2.45) is 0 Å². The SMILES string of the molecule is CC(CCNCCC#N)c1ccccc1. The molecule has 2 nitrogen and oxygen atoms in total. The first-order valence-corrected chi connectivity index (χ1v) is 5.47. The Bertz CT molecular complexity index is 300. The van der Waals surface area contributed by atoms with Gasteiger partial charge in [-0.1, -0.05) is 37.3 Å². The summed E-state index contributed by atoms with van der Waals surface area (Å²) >= 11 is 0. The summed E-state index contributed by atoms with van der Waals surface area (Å²) in [4.78, 5) is 0. The molecule has 0 fully saturated rings. The lowest BCUT2D eigenvalue weighted by Gasteiger charge is -2.11. The Morgan fingerprint density at radius 1 is 1.27 bits per heavy atom. The van der Waals surface area contributed by atoms with Crippen molar-refractivity contribution in [3.8, 4) is 6.07 Å². The Balaban J connectivity index is 2.20. The summed E-state index contributed by atoms with van der Waals surface area (Å²) in [5.74, 6) is 0.584. The second-order valence-corrected chi connectivity index (χ2v) is 3.76. The molecule has 0 bridgehead atoms. The summed E-state index contributed by atoms with van der Waals surface area (Å²) in [7, 11) is 0. The maximum absolute atomic E-state index is 8.36. The van der Waals surface area contributed by atoms with Gasteiger partial charge in [0.05, 0.1) is 6.07 Å². The Labute approximate surface area is 91.9 Å². The van der Waals surface area contributed by atoms with Crippen LogP contribution >= 0.6 is 0 Å². The van der Waals surface area contributed by atoms with Crippen LogP contribution in [0.3, 0.4) is 0 Å². The van der Waals surface area contributed by atoms with Crippen molar-refractivity contribution in [3.05, 3.63) is 35.9 Å². The number of hydrogen-bond donors (Lipinski definition) is 1. The molecule has 80 valence electrons. The van der Waals surface area contributed by atoms with Gasteiger partial charge in [-0.3, -0.25) is 0 Å². The van der Waals surface area contributed by atoms with E-state index in [1.165, 1.54) is 5.56 Å². The van der Waals surface area contributed by atoms with E-state index in [0.717, 1.165) is 19.5 Å². The fraction of sp³-hybridized carbons (Fsp3) is 0.462. The number of benzene rings is 1. The van der Waals surface area contributed by atoms with Crippen LogP contribution in [0, 0.1) is 11.3 Å². The molecule has 1 rings (SSSR count). The third kappa shape index (κ3) is 4.62. The predicted octanol–water partition coefficient (Wildman–Crippen LogP) is 2.68. The lowest BCUT2D eigenvalue weighted by atomic mass is 9.98. The second kappa shape index (κ2) is 7.03. The fourth-order valence-electron chi connectivity index (χ4n) is 1.54. The number of nitrogens with zero attached hydrogens (tertiary/aromatic N) is 1. The van der Waals surface area contributed by atoms with Gasteiger partial charge < -0.3 is 5.32 Å². The van der Waals surface area contributed by atoms with E-state index in [-0.39, 0.29) is 0 Å². The van der Waals surface area contributed by atoms with Gasteiger partial charge >= 0.3 is 0 Å². The molecule has 0 aliphatic carbocycles. The molecule has 1 aromatic rings. The molecule has 0 aliphatic rings. The minimum absolute atomic E-state index is 0.584. The maximum Gasteiger partial charge on any atom is 0.0635 e. The minimum Gasteiger partial charge on any atom is -0.316 e. The monoisotopic (exact) mass is 202 g/mol. The van der Waals surface area contributed by atoms with E-state index in [9.17, 15) is 0 Å². The zero-order valence-electron chi connectivity index (χ0n) is 9.24. The quantitative estimate of drug-likeness (QED) is 0.720. The van der Waals surface area contributed by atoms with Gasteiger partial charge in [0.1, 0.15) is 0 Å². The molecule has 0 saturated carbocycles. The van der Waals surface area contributed by atoms with E-state index in [0.29, 0.717) is 12.3 Å². The standard InChI is InChI=1S/C13H18N2/c1-12(8-11-15-10-5-9-14)13-6-3-2-4-7-13/h2-4,6-7,12,15H,5,8,10-11H2,1H3. The van der Waals surface area contributed by atoms with Crippen molar-refractivity contribution >= 4 is 0 Å². The van der Waals surface area contributed by atoms with Crippen molar-refractivity contribution in [1.29, 1.82) is 5.26 Å². The van der Waals surface area contributed by atoms with E-state index in [1.807, 2.05) is 6.07 Å². The summed E-state index contributed by atoms with van der Waals surface area (Å²) in [5.41, 5.74) is 1.39.